The average Bonchev–Trinajstić information content (AvgIpc) is 2.76. The van der Waals surface area contributed by atoms with E-state index >= 15 is 0 Å². The molecule has 0 bridgehead atoms. The molecule has 3 heteroatoms. The van der Waals surface area contributed by atoms with Crippen LogP contribution in [0.4, 0.5) is 0 Å². The first-order valence-corrected chi connectivity index (χ1v) is 6.19. The maximum atomic E-state index is 10.5. The Bertz CT molecular complexity index is 514. The van der Waals surface area contributed by atoms with Crippen molar-refractivity contribution in [3.8, 4) is 0 Å². The van der Waals surface area contributed by atoms with Crippen molar-refractivity contribution >= 4 is 6.29 Å². The molecule has 0 aliphatic heterocycles. The van der Waals surface area contributed by atoms with Gasteiger partial charge in [0.05, 0.1) is 0 Å². The summed E-state index contributed by atoms with van der Waals surface area (Å²) in [6.07, 6.45) is 6.17. The van der Waals surface area contributed by atoms with Crippen LogP contribution in [-0.2, 0) is 18.3 Å². The average molecular weight is 242 g/mol. The maximum absolute atomic E-state index is 10.5. The van der Waals surface area contributed by atoms with Gasteiger partial charge in [-0.05, 0) is 17.0 Å². The highest BCUT2D eigenvalue weighted by atomic mass is 16.1. The van der Waals surface area contributed by atoms with Crippen molar-refractivity contribution in [3.63, 3.8) is 0 Å². The largest absolute Gasteiger partial charge is 0.338 e. The quantitative estimate of drug-likeness (QED) is 0.756. The van der Waals surface area contributed by atoms with Crippen LogP contribution in [0.1, 0.15) is 36.2 Å². The Morgan fingerprint density at radius 3 is 2.61 bits per heavy atom. The zero-order valence-corrected chi connectivity index (χ0v) is 10.8. The molecule has 94 valence electrons. The number of aryl methyl sites for hydroxylation is 1. The van der Waals surface area contributed by atoms with Gasteiger partial charge in [0, 0.05) is 32.3 Å². The monoisotopic (exact) mass is 242 g/mol. The summed E-state index contributed by atoms with van der Waals surface area (Å²) in [5, 5.41) is 0. The normalized spacial score (nSPS) is 12.3. The second-order valence-corrected chi connectivity index (χ2v) is 4.68. The number of hydrogen-bond donors (Lipinski definition) is 0. The molecule has 0 spiro atoms. The van der Waals surface area contributed by atoms with E-state index in [2.05, 4.69) is 36.2 Å². The molecule has 18 heavy (non-hydrogen) atoms. The van der Waals surface area contributed by atoms with Gasteiger partial charge in [0.25, 0.3) is 0 Å². The standard InChI is InChI=1S/C15H18N2O/c1-12(7-10-18)14-5-3-13(4-6-14)11-15-16-8-9-17(15)2/h3-6,8-10,12H,7,11H2,1-2H3. The van der Waals surface area contributed by atoms with E-state index < -0.39 is 0 Å². The molecule has 1 atom stereocenters. The number of aromatic nitrogens is 2. The van der Waals surface area contributed by atoms with Gasteiger partial charge in [-0.25, -0.2) is 4.98 Å². The first-order valence-electron chi connectivity index (χ1n) is 6.19. The number of aldehydes is 1. The van der Waals surface area contributed by atoms with E-state index in [1.165, 1.54) is 11.1 Å². The molecular formula is C15H18N2O. The van der Waals surface area contributed by atoms with E-state index in [1.54, 1.807) is 0 Å². The van der Waals surface area contributed by atoms with E-state index in [1.807, 2.05) is 24.0 Å². The lowest BCUT2D eigenvalue weighted by molar-refractivity contribution is -0.108. The number of rotatable bonds is 5. The fraction of sp³-hybridized carbons (Fsp3) is 0.333. The van der Waals surface area contributed by atoms with Crippen LogP contribution in [0, 0.1) is 0 Å². The predicted octanol–water partition coefficient (Wildman–Crippen LogP) is 2.70. The summed E-state index contributed by atoms with van der Waals surface area (Å²) in [5.41, 5.74) is 2.46. The molecule has 0 saturated carbocycles. The third kappa shape index (κ3) is 2.86. The van der Waals surface area contributed by atoms with Crippen molar-refractivity contribution in [1.82, 2.24) is 9.55 Å². The third-order valence-electron chi connectivity index (χ3n) is 3.28. The van der Waals surface area contributed by atoms with Crippen LogP contribution in [0.15, 0.2) is 36.7 Å². The van der Waals surface area contributed by atoms with Gasteiger partial charge < -0.3 is 9.36 Å². The van der Waals surface area contributed by atoms with E-state index in [-0.39, 0.29) is 0 Å². The molecule has 3 nitrogen and oxygen atoms in total. The van der Waals surface area contributed by atoms with Gasteiger partial charge in [0.1, 0.15) is 12.1 Å². The Morgan fingerprint density at radius 1 is 1.33 bits per heavy atom. The lowest BCUT2D eigenvalue weighted by Gasteiger charge is -2.09. The zero-order valence-electron chi connectivity index (χ0n) is 10.8. The first-order chi connectivity index (χ1) is 8.70. The van der Waals surface area contributed by atoms with Crippen molar-refractivity contribution in [2.24, 2.45) is 7.05 Å². The van der Waals surface area contributed by atoms with Crippen LogP contribution in [0.25, 0.3) is 0 Å². The summed E-state index contributed by atoms with van der Waals surface area (Å²) in [4.78, 5) is 14.8. The second-order valence-electron chi connectivity index (χ2n) is 4.68. The fourth-order valence-corrected chi connectivity index (χ4v) is 1.99. The topological polar surface area (TPSA) is 34.9 Å². The zero-order chi connectivity index (χ0) is 13.0. The molecule has 0 saturated heterocycles. The summed E-state index contributed by atoms with van der Waals surface area (Å²) in [6.45, 7) is 2.07. The maximum Gasteiger partial charge on any atom is 0.120 e. The number of nitrogens with zero attached hydrogens (tertiary/aromatic N) is 2. The van der Waals surface area contributed by atoms with Crippen molar-refractivity contribution in [2.45, 2.75) is 25.7 Å². The molecule has 1 unspecified atom stereocenters. The highest BCUT2D eigenvalue weighted by Gasteiger charge is 2.05. The first kappa shape index (κ1) is 12.6. The Balaban J connectivity index is 2.08. The van der Waals surface area contributed by atoms with Crippen LogP contribution >= 0.6 is 0 Å². The summed E-state index contributed by atoms with van der Waals surface area (Å²) in [6, 6.07) is 8.44. The molecule has 1 aromatic carbocycles. The predicted molar refractivity (Wildman–Crippen MR) is 71.6 cm³/mol. The van der Waals surface area contributed by atoms with Gasteiger partial charge in [-0.1, -0.05) is 31.2 Å². The lowest BCUT2D eigenvalue weighted by Crippen LogP contribution is -1.99. The molecular weight excluding hydrogens is 224 g/mol. The highest BCUT2D eigenvalue weighted by Crippen LogP contribution is 2.19. The Kier molecular flexibility index (Phi) is 3.92. The number of hydrogen-bond acceptors (Lipinski definition) is 2. The van der Waals surface area contributed by atoms with Gasteiger partial charge in [-0.15, -0.1) is 0 Å². The van der Waals surface area contributed by atoms with Crippen molar-refractivity contribution < 1.29 is 4.79 Å². The lowest BCUT2D eigenvalue weighted by atomic mass is 9.97. The molecule has 0 radical (unpaired) electrons. The van der Waals surface area contributed by atoms with Crippen molar-refractivity contribution in [3.05, 3.63) is 53.6 Å². The van der Waals surface area contributed by atoms with Crippen LogP contribution in [0.5, 0.6) is 0 Å². The van der Waals surface area contributed by atoms with Gasteiger partial charge in [0.15, 0.2) is 0 Å². The fourth-order valence-electron chi connectivity index (χ4n) is 1.99. The van der Waals surface area contributed by atoms with Crippen molar-refractivity contribution in [2.75, 3.05) is 0 Å². The minimum absolute atomic E-state index is 0.296. The van der Waals surface area contributed by atoms with Crippen LogP contribution < -0.4 is 0 Å². The third-order valence-corrected chi connectivity index (χ3v) is 3.28. The van der Waals surface area contributed by atoms with E-state index in [9.17, 15) is 4.79 Å². The number of imidazole rings is 1. The summed E-state index contributed by atoms with van der Waals surface area (Å²) < 4.78 is 2.03. The SMILES string of the molecule is CC(CC=O)c1ccc(Cc2nccn2C)cc1. The second kappa shape index (κ2) is 5.63. The molecule has 2 aromatic rings. The Hall–Kier alpha value is -1.90. The highest BCUT2D eigenvalue weighted by molar-refractivity contribution is 5.51. The molecule has 0 aliphatic carbocycles. The van der Waals surface area contributed by atoms with E-state index in [0.29, 0.717) is 12.3 Å². The number of benzene rings is 1. The number of carbonyl (C=O) groups is 1. The minimum atomic E-state index is 0.296. The van der Waals surface area contributed by atoms with Crippen LogP contribution in [-0.4, -0.2) is 15.8 Å². The van der Waals surface area contributed by atoms with Gasteiger partial charge in [-0.2, -0.15) is 0 Å². The molecule has 0 aliphatic rings. The van der Waals surface area contributed by atoms with E-state index in [0.717, 1.165) is 18.5 Å². The Labute approximate surface area is 107 Å². The van der Waals surface area contributed by atoms with Crippen LogP contribution in [0.2, 0.25) is 0 Å². The molecule has 1 aromatic heterocycles. The summed E-state index contributed by atoms with van der Waals surface area (Å²) in [5.74, 6) is 1.36. The van der Waals surface area contributed by atoms with Crippen LogP contribution in [0.3, 0.4) is 0 Å². The molecule has 2 rings (SSSR count). The Morgan fingerprint density at radius 2 is 2.06 bits per heavy atom. The van der Waals surface area contributed by atoms with E-state index in [4.69, 9.17) is 0 Å². The van der Waals surface area contributed by atoms with Crippen molar-refractivity contribution in [1.29, 1.82) is 0 Å². The molecule has 0 N–H and O–H groups in total. The smallest absolute Gasteiger partial charge is 0.120 e. The number of carbonyl (C=O) groups excluding carboxylic acids is 1. The van der Waals surface area contributed by atoms with Gasteiger partial charge >= 0.3 is 0 Å². The van der Waals surface area contributed by atoms with Gasteiger partial charge in [-0.3, -0.25) is 0 Å². The molecule has 1 heterocycles. The summed E-state index contributed by atoms with van der Waals surface area (Å²) in [7, 11) is 2.00. The summed E-state index contributed by atoms with van der Waals surface area (Å²) >= 11 is 0. The minimum Gasteiger partial charge on any atom is -0.338 e. The van der Waals surface area contributed by atoms with Gasteiger partial charge in [0.2, 0.25) is 0 Å². The molecule has 0 fully saturated rings. The molecule has 0 amide bonds.